The molecule has 0 aliphatic carbocycles. The van der Waals surface area contributed by atoms with E-state index in [0.29, 0.717) is 13.1 Å². The van der Waals surface area contributed by atoms with Gasteiger partial charge in [-0.1, -0.05) is 97.3 Å². The number of rotatable bonds is 25. The van der Waals surface area contributed by atoms with E-state index in [1.165, 1.54) is 84.2 Å². The molecule has 0 N–H and O–H groups in total. The first kappa shape index (κ1) is 41.6. The number of carbonyl (C=O) groups is 2. The lowest BCUT2D eigenvalue weighted by Crippen LogP contribution is -2.51. The Labute approximate surface area is 278 Å². The third-order valence-corrected chi connectivity index (χ3v) is 8.94. The summed E-state index contributed by atoms with van der Waals surface area (Å²) >= 11 is 0. The first-order valence-electron chi connectivity index (χ1n) is 18.6. The van der Waals surface area contributed by atoms with Gasteiger partial charge in [0.25, 0.3) is 0 Å². The highest BCUT2D eigenvalue weighted by atomic mass is 16.7. The first-order valence-corrected chi connectivity index (χ1v) is 18.6. The molecule has 266 valence electrons. The lowest BCUT2D eigenvalue weighted by atomic mass is 9.87. The highest BCUT2D eigenvalue weighted by molar-refractivity contribution is 5.75. The van der Waals surface area contributed by atoms with Crippen LogP contribution < -0.4 is 0 Å². The van der Waals surface area contributed by atoms with Crippen LogP contribution >= 0.6 is 0 Å². The van der Waals surface area contributed by atoms with Gasteiger partial charge in [0.15, 0.2) is 0 Å². The number of carbonyl (C=O) groups excluding carboxylic acids is 2. The number of unbranched alkanes of at least 4 members (excludes halogenated alkanes) is 11. The molecule has 0 radical (unpaired) electrons. The molecule has 0 atom stereocenters. The molecule has 0 unspecified atom stereocenters. The molecular formula is C37H73N3O5. The Morgan fingerprint density at radius 3 is 1.76 bits per heavy atom. The van der Waals surface area contributed by atoms with Crippen molar-refractivity contribution in [2.24, 2.45) is 5.41 Å². The Kier molecular flexibility index (Phi) is 22.1. The molecule has 1 fully saturated rings. The maximum absolute atomic E-state index is 12.5. The van der Waals surface area contributed by atoms with Crippen LogP contribution in [0.5, 0.6) is 0 Å². The van der Waals surface area contributed by atoms with Crippen LogP contribution in [0, 0.1) is 5.41 Å². The van der Waals surface area contributed by atoms with Crippen LogP contribution in [0.3, 0.4) is 0 Å². The second kappa shape index (κ2) is 23.9. The summed E-state index contributed by atoms with van der Waals surface area (Å²) in [7, 11) is 1.47. The third-order valence-electron chi connectivity index (χ3n) is 8.94. The van der Waals surface area contributed by atoms with Crippen molar-refractivity contribution in [3.05, 3.63) is 0 Å². The van der Waals surface area contributed by atoms with E-state index in [2.05, 4.69) is 23.8 Å². The zero-order valence-electron chi connectivity index (χ0n) is 30.9. The van der Waals surface area contributed by atoms with Crippen LogP contribution in [0.15, 0.2) is 0 Å². The quantitative estimate of drug-likeness (QED) is 0.0561. The van der Waals surface area contributed by atoms with Crippen molar-refractivity contribution in [3.8, 4) is 0 Å². The molecule has 8 nitrogen and oxygen atoms in total. The van der Waals surface area contributed by atoms with Crippen LogP contribution in [0.25, 0.3) is 0 Å². The van der Waals surface area contributed by atoms with Crippen molar-refractivity contribution in [2.75, 3.05) is 52.9 Å². The predicted molar refractivity (Wildman–Crippen MR) is 186 cm³/mol. The summed E-state index contributed by atoms with van der Waals surface area (Å²) in [4.78, 5) is 35.8. The number of hydrogen-bond acceptors (Lipinski definition) is 7. The fourth-order valence-electron chi connectivity index (χ4n) is 5.95. The molecule has 8 heteroatoms. The second-order valence-corrected chi connectivity index (χ2v) is 14.9. The van der Waals surface area contributed by atoms with E-state index in [1.807, 2.05) is 39.5 Å². The molecule has 0 aromatic rings. The summed E-state index contributed by atoms with van der Waals surface area (Å²) in [6.45, 7) is 19.9. The fraction of sp³-hybridized carbons (Fsp3) is 0.946. The maximum atomic E-state index is 12.5. The van der Waals surface area contributed by atoms with Gasteiger partial charge in [0.05, 0.1) is 18.6 Å². The van der Waals surface area contributed by atoms with Gasteiger partial charge in [-0.2, -0.15) is 5.06 Å². The van der Waals surface area contributed by atoms with Gasteiger partial charge in [-0.25, -0.2) is 4.79 Å². The van der Waals surface area contributed by atoms with Gasteiger partial charge in [-0.3, -0.25) is 14.5 Å². The Bertz CT molecular complexity index is 746. The van der Waals surface area contributed by atoms with Crippen molar-refractivity contribution in [3.63, 3.8) is 0 Å². The molecule has 1 heterocycles. The van der Waals surface area contributed by atoms with E-state index in [-0.39, 0.29) is 18.2 Å². The Hall–Kier alpha value is -1.38. The number of hydrogen-bond donors (Lipinski definition) is 0. The molecule has 1 rings (SSSR count). The van der Waals surface area contributed by atoms with Gasteiger partial charge in [-0.15, -0.1) is 0 Å². The number of methoxy groups -OCH3 is 1. The number of amides is 1. The van der Waals surface area contributed by atoms with Crippen LogP contribution in [0.4, 0.5) is 4.79 Å². The van der Waals surface area contributed by atoms with Crippen molar-refractivity contribution >= 4 is 12.1 Å². The second-order valence-electron chi connectivity index (χ2n) is 14.9. The lowest BCUT2D eigenvalue weighted by molar-refractivity contribution is -0.204. The zero-order chi connectivity index (χ0) is 33.6. The van der Waals surface area contributed by atoms with Gasteiger partial charge in [0.2, 0.25) is 0 Å². The number of nitrogens with zero attached hydrogens (tertiary/aromatic N) is 3. The molecule has 45 heavy (non-hydrogen) atoms. The Morgan fingerprint density at radius 2 is 1.24 bits per heavy atom. The average Bonchev–Trinajstić information content (AvgIpc) is 2.99. The number of piperazine rings is 1. The molecule has 1 aliphatic heterocycles. The maximum Gasteiger partial charge on any atom is 0.410 e. The van der Waals surface area contributed by atoms with Crippen LogP contribution in [-0.2, 0) is 19.1 Å². The monoisotopic (exact) mass is 640 g/mol. The van der Waals surface area contributed by atoms with E-state index in [1.54, 1.807) is 0 Å². The number of esters is 1. The van der Waals surface area contributed by atoms with E-state index in [4.69, 9.17) is 14.3 Å². The van der Waals surface area contributed by atoms with Gasteiger partial charge in [0.1, 0.15) is 5.60 Å². The molecule has 1 aliphatic rings. The van der Waals surface area contributed by atoms with E-state index >= 15 is 0 Å². The van der Waals surface area contributed by atoms with Crippen LogP contribution in [0.1, 0.15) is 158 Å². The minimum atomic E-state index is -0.473. The van der Waals surface area contributed by atoms with E-state index in [0.717, 1.165) is 64.8 Å². The summed E-state index contributed by atoms with van der Waals surface area (Å²) in [5, 5.41) is 2.23. The molecule has 0 saturated carbocycles. The summed E-state index contributed by atoms with van der Waals surface area (Å²) in [6.07, 6.45) is 20.7. The van der Waals surface area contributed by atoms with Crippen molar-refractivity contribution in [1.82, 2.24) is 14.9 Å². The largest absolute Gasteiger partial charge is 0.469 e. The molecular weight excluding hydrogens is 566 g/mol. The molecule has 0 spiro atoms. The standard InChI is InChI=1S/C37H73N3O5/c1-9-11-13-15-17-19-23-33(24-20-18-16-14-12-10-2)45-40(26-22-21-25-37(6,7)34(41)43-8)32-29-38-27-30-39(31-28-38)35(42)44-36(3,4)5/h33H,9-32H2,1-8H3. The van der Waals surface area contributed by atoms with Crippen molar-refractivity contribution < 1.29 is 23.9 Å². The van der Waals surface area contributed by atoms with Crippen LogP contribution in [-0.4, -0.2) is 91.6 Å². The zero-order valence-corrected chi connectivity index (χ0v) is 30.9. The summed E-state index contributed by atoms with van der Waals surface area (Å²) in [5.41, 5.74) is -0.938. The first-order chi connectivity index (χ1) is 21.4. The van der Waals surface area contributed by atoms with Gasteiger partial charge < -0.3 is 14.4 Å². The topological polar surface area (TPSA) is 71.5 Å². The Balaban J connectivity index is 2.76. The Morgan fingerprint density at radius 1 is 0.711 bits per heavy atom. The molecule has 0 bridgehead atoms. The molecule has 1 amide bonds. The molecule has 0 aromatic heterocycles. The summed E-state index contributed by atoms with van der Waals surface area (Å²) in [5.74, 6) is -0.140. The number of ether oxygens (including phenoxy) is 2. The highest BCUT2D eigenvalue weighted by Gasteiger charge is 2.29. The van der Waals surface area contributed by atoms with E-state index in [9.17, 15) is 9.59 Å². The van der Waals surface area contributed by atoms with E-state index < -0.39 is 11.0 Å². The van der Waals surface area contributed by atoms with Crippen LogP contribution in [0.2, 0.25) is 0 Å². The van der Waals surface area contributed by atoms with Gasteiger partial charge in [0, 0.05) is 45.8 Å². The normalized spacial score (nSPS) is 14.8. The minimum absolute atomic E-state index is 0.140. The average molecular weight is 640 g/mol. The predicted octanol–water partition coefficient (Wildman–Crippen LogP) is 9.01. The fourth-order valence-corrected chi connectivity index (χ4v) is 5.95. The number of hydroxylamine groups is 2. The third kappa shape index (κ3) is 20.5. The highest BCUT2D eigenvalue weighted by Crippen LogP contribution is 2.25. The SMILES string of the molecule is CCCCCCCCC(CCCCCCCC)ON(CCCCC(C)(C)C(=O)OC)CCN1CCN(C(=O)OC(C)(C)C)CC1. The van der Waals surface area contributed by atoms with Crippen molar-refractivity contribution in [1.29, 1.82) is 0 Å². The molecule has 0 aromatic carbocycles. The summed E-state index contributed by atoms with van der Waals surface area (Å²) < 4.78 is 10.6. The minimum Gasteiger partial charge on any atom is -0.469 e. The van der Waals surface area contributed by atoms with Crippen molar-refractivity contribution in [2.45, 2.75) is 169 Å². The lowest BCUT2D eigenvalue weighted by Gasteiger charge is -2.36. The summed E-state index contributed by atoms with van der Waals surface area (Å²) in [6, 6.07) is 0. The van der Waals surface area contributed by atoms with Gasteiger partial charge in [-0.05, 0) is 60.3 Å². The van der Waals surface area contributed by atoms with Gasteiger partial charge >= 0.3 is 12.1 Å². The molecule has 1 saturated heterocycles. The smallest absolute Gasteiger partial charge is 0.410 e.